The largest absolute Gasteiger partial charge is 0.481 e. The molecule has 2 rings (SSSR count). The lowest BCUT2D eigenvalue weighted by Crippen LogP contribution is -2.15. The number of halogens is 1. The molecule has 0 fully saturated rings. The molecule has 4 nitrogen and oxygen atoms in total. The van der Waals surface area contributed by atoms with Crippen LogP contribution in [0.25, 0.3) is 10.9 Å². The van der Waals surface area contributed by atoms with Gasteiger partial charge >= 0.3 is 5.97 Å². The standard InChI is InChI=1S/C12H13ClN2O2/c1-15-6-9(13)7-3-2-4-8(12(7)15)10(14)5-11(16)17/h2-4,6,10H,5,14H2,1H3,(H,16,17). The van der Waals surface area contributed by atoms with Crippen LogP contribution in [-0.4, -0.2) is 15.6 Å². The van der Waals surface area contributed by atoms with Gasteiger partial charge in [0.1, 0.15) is 0 Å². The first-order valence-electron chi connectivity index (χ1n) is 5.21. The average molecular weight is 253 g/mol. The van der Waals surface area contributed by atoms with Crippen LogP contribution in [0.1, 0.15) is 18.0 Å². The third-order valence-corrected chi connectivity index (χ3v) is 3.08. The van der Waals surface area contributed by atoms with Crippen molar-refractivity contribution in [2.75, 3.05) is 0 Å². The van der Waals surface area contributed by atoms with E-state index in [2.05, 4.69) is 0 Å². The lowest BCUT2D eigenvalue weighted by Gasteiger charge is -2.12. The lowest BCUT2D eigenvalue weighted by atomic mass is 10.0. The fourth-order valence-corrected chi connectivity index (χ4v) is 2.35. The molecule has 0 amide bonds. The minimum Gasteiger partial charge on any atom is -0.481 e. The van der Waals surface area contributed by atoms with Gasteiger partial charge in [-0.05, 0) is 5.56 Å². The van der Waals surface area contributed by atoms with Crippen molar-refractivity contribution in [1.82, 2.24) is 4.57 Å². The van der Waals surface area contributed by atoms with Crippen LogP contribution in [0.15, 0.2) is 24.4 Å². The predicted octanol–water partition coefficient (Wildman–Crippen LogP) is 2.31. The molecule has 1 aromatic carbocycles. The molecule has 0 bridgehead atoms. The highest BCUT2D eigenvalue weighted by molar-refractivity contribution is 6.35. The van der Waals surface area contributed by atoms with Crippen LogP contribution in [0.4, 0.5) is 0 Å². The van der Waals surface area contributed by atoms with E-state index < -0.39 is 12.0 Å². The number of carbonyl (C=O) groups is 1. The maximum atomic E-state index is 10.7. The lowest BCUT2D eigenvalue weighted by molar-refractivity contribution is -0.137. The molecule has 1 heterocycles. The van der Waals surface area contributed by atoms with Gasteiger partial charge in [0, 0.05) is 24.7 Å². The fourth-order valence-electron chi connectivity index (χ4n) is 2.05. The fraction of sp³-hybridized carbons (Fsp3) is 0.250. The van der Waals surface area contributed by atoms with Gasteiger partial charge in [-0.3, -0.25) is 4.79 Å². The average Bonchev–Trinajstić information content (AvgIpc) is 2.54. The molecule has 90 valence electrons. The van der Waals surface area contributed by atoms with Crippen molar-refractivity contribution in [2.24, 2.45) is 12.8 Å². The number of rotatable bonds is 3. The number of carboxylic acid groups (broad SMARTS) is 1. The molecule has 0 saturated heterocycles. The van der Waals surface area contributed by atoms with Crippen molar-refractivity contribution < 1.29 is 9.90 Å². The normalized spacial score (nSPS) is 12.9. The Kier molecular flexibility index (Phi) is 3.09. The first-order valence-corrected chi connectivity index (χ1v) is 5.59. The van der Waals surface area contributed by atoms with Crippen LogP contribution in [-0.2, 0) is 11.8 Å². The van der Waals surface area contributed by atoms with Gasteiger partial charge in [-0.25, -0.2) is 0 Å². The number of fused-ring (bicyclic) bond motifs is 1. The van der Waals surface area contributed by atoms with Crippen LogP contribution in [0, 0.1) is 0 Å². The van der Waals surface area contributed by atoms with Crippen molar-refractivity contribution in [3.05, 3.63) is 35.0 Å². The summed E-state index contributed by atoms with van der Waals surface area (Å²) < 4.78 is 1.87. The van der Waals surface area contributed by atoms with E-state index in [0.717, 1.165) is 16.5 Å². The summed E-state index contributed by atoms with van der Waals surface area (Å²) in [5.41, 5.74) is 7.60. The zero-order valence-corrected chi connectivity index (χ0v) is 10.1. The third kappa shape index (κ3) is 2.14. The maximum Gasteiger partial charge on any atom is 0.305 e. The molecular formula is C12H13ClN2O2. The number of benzene rings is 1. The number of nitrogens with zero attached hydrogens (tertiary/aromatic N) is 1. The first kappa shape index (κ1) is 12.0. The zero-order valence-electron chi connectivity index (χ0n) is 9.35. The van der Waals surface area contributed by atoms with Crippen molar-refractivity contribution >= 4 is 28.5 Å². The number of nitrogens with two attached hydrogens (primary N) is 1. The molecule has 1 unspecified atom stereocenters. The number of hydrogen-bond acceptors (Lipinski definition) is 2. The van der Waals surface area contributed by atoms with E-state index in [1.54, 1.807) is 6.20 Å². The second-order valence-corrected chi connectivity index (χ2v) is 4.44. The van der Waals surface area contributed by atoms with Gasteiger partial charge in [-0.15, -0.1) is 0 Å². The van der Waals surface area contributed by atoms with Crippen molar-refractivity contribution in [3.63, 3.8) is 0 Å². The van der Waals surface area contributed by atoms with Gasteiger partial charge in [0.2, 0.25) is 0 Å². The minimum absolute atomic E-state index is 0.0953. The van der Waals surface area contributed by atoms with Crippen molar-refractivity contribution in [3.8, 4) is 0 Å². The molecule has 0 aliphatic heterocycles. The topological polar surface area (TPSA) is 68.2 Å². The number of aryl methyl sites for hydroxylation is 1. The number of carboxylic acids is 1. The maximum absolute atomic E-state index is 10.7. The summed E-state index contributed by atoms with van der Waals surface area (Å²) in [6.07, 6.45) is 1.70. The van der Waals surface area contributed by atoms with E-state index in [4.69, 9.17) is 22.4 Å². The Bertz CT molecular complexity index is 577. The molecule has 17 heavy (non-hydrogen) atoms. The highest BCUT2D eigenvalue weighted by Gasteiger charge is 2.16. The van der Waals surface area contributed by atoms with E-state index in [-0.39, 0.29) is 6.42 Å². The second-order valence-electron chi connectivity index (χ2n) is 4.04. The van der Waals surface area contributed by atoms with Crippen LogP contribution < -0.4 is 5.73 Å². The second kappa shape index (κ2) is 4.39. The quantitative estimate of drug-likeness (QED) is 0.881. The number of aromatic nitrogens is 1. The Balaban J connectivity index is 2.57. The van der Waals surface area contributed by atoms with E-state index in [0.29, 0.717) is 5.02 Å². The molecule has 0 spiro atoms. The SMILES string of the molecule is Cn1cc(Cl)c2cccc(C(N)CC(=O)O)c21. The van der Waals surface area contributed by atoms with E-state index in [1.165, 1.54) is 0 Å². The predicted molar refractivity (Wildman–Crippen MR) is 67.1 cm³/mol. The Hall–Kier alpha value is -1.52. The molecule has 3 N–H and O–H groups in total. The van der Waals surface area contributed by atoms with Crippen LogP contribution >= 0.6 is 11.6 Å². The van der Waals surface area contributed by atoms with Crippen LogP contribution in [0.5, 0.6) is 0 Å². The minimum atomic E-state index is -0.908. The van der Waals surface area contributed by atoms with Crippen molar-refractivity contribution in [1.29, 1.82) is 0 Å². The van der Waals surface area contributed by atoms with E-state index in [1.807, 2.05) is 29.8 Å². The summed E-state index contributed by atoms with van der Waals surface area (Å²) in [6.45, 7) is 0. The van der Waals surface area contributed by atoms with Crippen LogP contribution in [0.2, 0.25) is 5.02 Å². The zero-order chi connectivity index (χ0) is 12.6. The molecule has 2 aromatic rings. The Morgan fingerprint density at radius 1 is 1.59 bits per heavy atom. The molecule has 1 aromatic heterocycles. The number of para-hydroxylation sites is 1. The monoisotopic (exact) mass is 252 g/mol. The molecule has 5 heteroatoms. The van der Waals surface area contributed by atoms with Gasteiger partial charge in [0.15, 0.2) is 0 Å². The Labute approximate surface area is 104 Å². The molecule has 1 atom stereocenters. The Morgan fingerprint density at radius 2 is 2.29 bits per heavy atom. The number of aliphatic carboxylic acids is 1. The highest BCUT2D eigenvalue weighted by atomic mass is 35.5. The van der Waals surface area contributed by atoms with Gasteiger partial charge < -0.3 is 15.4 Å². The van der Waals surface area contributed by atoms with Crippen LogP contribution in [0.3, 0.4) is 0 Å². The van der Waals surface area contributed by atoms with Gasteiger partial charge in [-0.2, -0.15) is 0 Å². The summed E-state index contributed by atoms with van der Waals surface area (Å²) in [4.78, 5) is 10.7. The molecule has 0 aliphatic rings. The first-order chi connectivity index (χ1) is 8.00. The molecule has 0 radical (unpaired) electrons. The third-order valence-electron chi connectivity index (χ3n) is 2.78. The van der Waals surface area contributed by atoms with Gasteiger partial charge in [0.05, 0.1) is 17.0 Å². The molecule has 0 aliphatic carbocycles. The Morgan fingerprint density at radius 3 is 2.94 bits per heavy atom. The van der Waals surface area contributed by atoms with E-state index in [9.17, 15) is 4.79 Å². The summed E-state index contributed by atoms with van der Waals surface area (Å²) in [6, 6.07) is 5.05. The highest BCUT2D eigenvalue weighted by Crippen LogP contribution is 2.30. The molecular weight excluding hydrogens is 240 g/mol. The number of hydrogen-bond donors (Lipinski definition) is 2. The smallest absolute Gasteiger partial charge is 0.305 e. The summed E-state index contributed by atoms with van der Waals surface area (Å²) in [5, 5.41) is 10.3. The molecule has 0 saturated carbocycles. The summed E-state index contributed by atoms with van der Waals surface area (Å²) >= 11 is 6.08. The van der Waals surface area contributed by atoms with Gasteiger partial charge in [0.25, 0.3) is 0 Å². The summed E-state index contributed by atoms with van der Waals surface area (Å²) in [5.74, 6) is -0.908. The summed E-state index contributed by atoms with van der Waals surface area (Å²) in [7, 11) is 1.87. The van der Waals surface area contributed by atoms with Gasteiger partial charge in [-0.1, -0.05) is 29.8 Å². The van der Waals surface area contributed by atoms with E-state index >= 15 is 0 Å². The van der Waals surface area contributed by atoms with Crippen molar-refractivity contribution in [2.45, 2.75) is 12.5 Å².